The lowest BCUT2D eigenvalue weighted by Gasteiger charge is -2.11. The monoisotopic (exact) mass is 533 g/mol. The van der Waals surface area contributed by atoms with Gasteiger partial charge in [-0.15, -0.1) is 24.0 Å². The van der Waals surface area contributed by atoms with E-state index in [1.54, 1.807) is 23.1 Å². The number of halogens is 2. The smallest absolute Gasteiger partial charge is 0.191 e. The van der Waals surface area contributed by atoms with E-state index in [0.29, 0.717) is 13.1 Å². The summed E-state index contributed by atoms with van der Waals surface area (Å²) < 4.78 is 15.3. The van der Waals surface area contributed by atoms with Gasteiger partial charge in [0.2, 0.25) is 0 Å². The second-order valence-electron chi connectivity index (χ2n) is 6.88. The summed E-state index contributed by atoms with van der Waals surface area (Å²) in [4.78, 5) is 11.8. The van der Waals surface area contributed by atoms with Crippen LogP contribution in [0.2, 0.25) is 0 Å². The van der Waals surface area contributed by atoms with Crippen LogP contribution < -0.4 is 10.6 Å². The van der Waals surface area contributed by atoms with Crippen molar-refractivity contribution in [3.8, 4) is 5.69 Å². The van der Waals surface area contributed by atoms with Gasteiger partial charge in [0.25, 0.3) is 0 Å². The molecule has 2 heterocycles. The molecule has 0 atom stereocenters. The quantitative estimate of drug-likeness (QED) is 0.192. The standard InChI is InChI=1S/C22H24FN7.HI/c1-2-25-22(26-10-9-17-13-27-21-8-5-18(23)11-20(17)21)28-12-16-3-6-19(7-4-16)30-15-24-14-29-30;/h3-8,11,13-15,27H,2,9-10,12H2,1H3,(H2,25,26,28);1H. The zero-order chi connectivity index (χ0) is 20.8. The second kappa shape index (κ2) is 10.9. The zero-order valence-electron chi connectivity index (χ0n) is 17.2. The molecule has 7 nitrogen and oxygen atoms in total. The van der Waals surface area contributed by atoms with Crippen molar-refractivity contribution in [3.63, 3.8) is 0 Å². The van der Waals surface area contributed by atoms with Crippen molar-refractivity contribution in [1.29, 1.82) is 0 Å². The van der Waals surface area contributed by atoms with Crippen LogP contribution in [-0.2, 0) is 13.0 Å². The van der Waals surface area contributed by atoms with Crippen LogP contribution in [0, 0.1) is 5.82 Å². The number of nitrogens with one attached hydrogen (secondary N) is 3. The maximum atomic E-state index is 13.5. The fourth-order valence-electron chi connectivity index (χ4n) is 3.28. The van der Waals surface area contributed by atoms with E-state index >= 15 is 0 Å². The predicted octanol–water partition coefficient (Wildman–Crippen LogP) is 3.80. The minimum Gasteiger partial charge on any atom is -0.361 e. The zero-order valence-corrected chi connectivity index (χ0v) is 19.5. The van der Waals surface area contributed by atoms with Gasteiger partial charge in [0, 0.05) is 30.2 Å². The molecule has 0 aliphatic rings. The third-order valence-electron chi connectivity index (χ3n) is 4.80. The first-order valence-electron chi connectivity index (χ1n) is 9.94. The number of aliphatic imine (C=N–C) groups is 1. The molecular formula is C22H25FIN7. The molecule has 9 heteroatoms. The third kappa shape index (κ3) is 5.81. The number of aromatic amines is 1. The molecule has 0 fully saturated rings. The van der Waals surface area contributed by atoms with Crippen molar-refractivity contribution >= 4 is 40.8 Å². The van der Waals surface area contributed by atoms with E-state index in [1.807, 2.05) is 37.4 Å². The Bertz CT molecular complexity index is 1120. The van der Waals surface area contributed by atoms with E-state index in [1.165, 1.54) is 12.4 Å². The highest BCUT2D eigenvalue weighted by Crippen LogP contribution is 2.19. The Balaban J connectivity index is 0.00000272. The van der Waals surface area contributed by atoms with Gasteiger partial charge in [0.05, 0.1) is 12.2 Å². The van der Waals surface area contributed by atoms with Crippen molar-refractivity contribution in [2.24, 2.45) is 4.99 Å². The van der Waals surface area contributed by atoms with Gasteiger partial charge in [-0.25, -0.2) is 19.0 Å². The van der Waals surface area contributed by atoms with Crippen LogP contribution >= 0.6 is 24.0 Å². The number of guanidine groups is 1. The van der Waals surface area contributed by atoms with Gasteiger partial charge in [-0.3, -0.25) is 0 Å². The van der Waals surface area contributed by atoms with Gasteiger partial charge in [-0.1, -0.05) is 12.1 Å². The summed E-state index contributed by atoms with van der Waals surface area (Å²) >= 11 is 0. The van der Waals surface area contributed by atoms with Gasteiger partial charge in [-0.2, -0.15) is 5.10 Å². The Morgan fingerprint density at radius 2 is 2.00 bits per heavy atom. The van der Waals surface area contributed by atoms with E-state index < -0.39 is 0 Å². The van der Waals surface area contributed by atoms with Gasteiger partial charge in [-0.05, 0) is 54.8 Å². The van der Waals surface area contributed by atoms with E-state index in [0.717, 1.165) is 46.6 Å². The number of H-pyrrole nitrogens is 1. The highest BCUT2D eigenvalue weighted by Gasteiger charge is 2.06. The average molecular weight is 533 g/mol. The van der Waals surface area contributed by atoms with Crippen LogP contribution in [0.25, 0.3) is 16.6 Å². The Morgan fingerprint density at radius 1 is 1.16 bits per heavy atom. The Labute approximate surface area is 197 Å². The van der Waals surface area contributed by atoms with Crippen molar-refractivity contribution in [2.75, 3.05) is 13.1 Å². The molecule has 0 spiro atoms. The van der Waals surface area contributed by atoms with E-state index in [4.69, 9.17) is 0 Å². The van der Waals surface area contributed by atoms with Crippen molar-refractivity contribution < 1.29 is 4.39 Å². The maximum absolute atomic E-state index is 13.5. The average Bonchev–Trinajstić information content (AvgIpc) is 3.43. The third-order valence-corrected chi connectivity index (χ3v) is 4.80. The molecule has 0 unspecified atom stereocenters. The SMILES string of the molecule is CCNC(=NCc1ccc(-n2cncn2)cc1)NCCc1c[nH]c2ccc(F)cc12.I. The van der Waals surface area contributed by atoms with Crippen LogP contribution in [0.1, 0.15) is 18.1 Å². The largest absolute Gasteiger partial charge is 0.361 e. The molecule has 4 rings (SSSR count). The highest BCUT2D eigenvalue weighted by molar-refractivity contribution is 14.0. The molecule has 162 valence electrons. The Morgan fingerprint density at radius 3 is 2.74 bits per heavy atom. The lowest BCUT2D eigenvalue weighted by Crippen LogP contribution is -2.38. The van der Waals surface area contributed by atoms with Crippen LogP contribution in [-0.4, -0.2) is 38.8 Å². The first-order chi connectivity index (χ1) is 14.7. The van der Waals surface area contributed by atoms with Gasteiger partial charge in [0.15, 0.2) is 5.96 Å². The molecule has 2 aromatic heterocycles. The molecule has 0 saturated heterocycles. The number of hydrogen-bond donors (Lipinski definition) is 3. The predicted molar refractivity (Wildman–Crippen MR) is 132 cm³/mol. The summed E-state index contributed by atoms with van der Waals surface area (Å²) in [5, 5.41) is 11.7. The lowest BCUT2D eigenvalue weighted by atomic mass is 10.1. The molecule has 0 amide bonds. The molecule has 0 radical (unpaired) electrons. The molecule has 0 aliphatic carbocycles. The van der Waals surface area contributed by atoms with Crippen LogP contribution in [0.15, 0.2) is 66.3 Å². The molecule has 31 heavy (non-hydrogen) atoms. The van der Waals surface area contributed by atoms with Crippen LogP contribution in [0.3, 0.4) is 0 Å². The van der Waals surface area contributed by atoms with Gasteiger partial charge >= 0.3 is 0 Å². The number of aromatic nitrogens is 4. The summed E-state index contributed by atoms with van der Waals surface area (Å²) in [5.41, 5.74) is 4.08. The summed E-state index contributed by atoms with van der Waals surface area (Å²) in [6, 6.07) is 12.9. The van der Waals surface area contributed by atoms with Crippen molar-refractivity contribution in [1.82, 2.24) is 30.4 Å². The second-order valence-corrected chi connectivity index (χ2v) is 6.88. The number of hydrogen-bond acceptors (Lipinski definition) is 3. The normalized spacial score (nSPS) is 11.4. The van der Waals surface area contributed by atoms with Crippen LogP contribution in [0.4, 0.5) is 4.39 Å². The molecule has 0 saturated carbocycles. The van der Waals surface area contributed by atoms with Crippen molar-refractivity contribution in [3.05, 3.63) is 78.3 Å². The first kappa shape index (κ1) is 22.7. The van der Waals surface area contributed by atoms with E-state index in [2.05, 4.69) is 30.7 Å². The molecule has 3 N–H and O–H groups in total. The number of benzene rings is 2. The highest BCUT2D eigenvalue weighted by atomic mass is 127. The summed E-state index contributed by atoms with van der Waals surface area (Å²) in [7, 11) is 0. The Hall–Kier alpha value is -2.95. The first-order valence-corrected chi connectivity index (χ1v) is 9.94. The fraction of sp³-hybridized carbons (Fsp3) is 0.227. The van der Waals surface area contributed by atoms with E-state index in [9.17, 15) is 4.39 Å². The van der Waals surface area contributed by atoms with Crippen molar-refractivity contribution in [2.45, 2.75) is 19.9 Å². The van der Waals surface area contributed by atoms with Gasteiger partial charge < -0.3 is 15.6 Å². The minimum atomic E-state index is -0.221. The molecular weight excluding hydrogens is 508 g/mol. The summed E-state index contributed by atoms with van der Waals surface area (Å²) in [6.45, 7) is 4.06. The van der Waals surface area contributed by atoms with E-state index in [-0.39, 0.29) is 29.8 Å². The summed E-state index contributed by atoms with van der Waals surface area (Å²) in [6.07, 6.45) is 5.88. The molecule has 4 aromatic rings. The summed E-state index contributed by atoms with van der Waals surface area (Å²) in [5.74, 6) is 0.532. The van der Waals surface area contributed by atoms with Gasteiger partial charge in [0.1, 0.15) is 18.5 Å². The number of fused-ring (bicyclic) bond motifs is 1. The fourth-order valence-corrected chi connectivity index (χ4v) is 3.28. The van der Waals surface area contributed by atoms with Crippen LogP contribution in [0.5, 0.6) is 0 Å². The molecule has 2 aromatic carbocycles. The lowest BCUT2D eigenvalue weighted by molar-refractivity contribution is 0.629. The minimum absolute atomic E-state index is 0. The number of rotatable bonds is 7. The number of nitrogens with zero attached hydrogens (tertiary/aromatic N) is 4. The molecule has 0 bridgehead atoms. The maximum Gasteiger partial charge on any atom is 0.191 e. The topological polar surface area (TPSA) is 82.9 Å². The molecule has 0 aliphatic heterocycles. The Kier molecular flexibility index (Phi) is 7.99.